The second-order valence-corrected chi connectivity index (χ2v) is 7.54. The Morgan fingerprint density at radius 3 is 2.54 bits per heavy atom. The maximum Gasteiger partial charge on any atom is 0.317 e. The predicted octanol–water partition coefficient (Wildman–Crippen LogP) is 2.49. The standard InChI is InChI=1S/C22H29N5O/c1-2-25-11-13-26(14-12-25)22(28)24-16-18-7-8-21(23-15-18)27-10-9-19-5-3-4-6-20(19)17-27/h3-8,15H,2,9-14,16-17H2,1H3,(H,24,28). The molecule has 0 saturated carbocycles. The molecule has 1 fully saturated rings. The van der Waals surface area contributed by atoms with Gasteiger partial charge in [-0.2, -0.15) is 0 Å². The first-order valence-corrected chi connectivity index (χ1v) is 10.2. The number of fused-ring (bicyclic) bond motifs is 1. The summed E-state index contributed by atoms with van der Waals surface area (Å²) in [7, 11) is 0. The zero-order valence-corrected chi connectivity index (χ0v) is 16.6. The molecule has 1 N–H and O–H groups in total. The fraction of sp³-hybridized carbons (Fsp3) is 0.455. The van der Waals surface area contributed by atoms with E-state index in [-0.39, 0.29) is 6.03 Å². The number of hydrogen-bond acceptors (Lipinski definition) is 4. The molecule has 6 nitrogen and oxygen atoms in total. The van der Waals surface area contributed by atoms with E-state index in [4.69, 9.17) is 0 Å². The zero-order chi connectivity index (χ0) is 19.3. The fourth-order valence-electron chi connectivity index (χ4n) is 3.96. The van der Waals surface area contributed by atoms with Gasteiger partial charge in [0.2, 0.25) is 0 Å². The quantitative estimate of drug-likeness (QED) is 0.887. The van der Waals surface area contributed by atoms with Crippen molar-refractivity contribution in [2.24, 2.45) is 0 Å². The van der Waals surface area contributed by atoms with Crippen molar-refractivity contribution >= 4 is 11.8 Å². The number of hydrogen-bond donors (Lipinski definition) is 1. The minimum absolute atomic E-state index is 0.0208. The first kappa shape index (κ1) is 18.7. The Morgan fingerprint density at radius 1 is 1.04 bits per heavy atom. The van der Waals surface area contributed by atoms with Gasteiger partial charge in [-0.3, -0.25) is 0 Å². The largest absolute Gasteiger partial charge is 0.352 e. The van der Waals surface area contributed by atoms with E-state index < -0.39 is 0 Å². The van der Waals surface area contributed by atoms with Crippen molar-refractivity contribution < 1.29 is 4.79 Å². The summed E-state index contributed by atoms with van der Waals surface area (Å²) in [6.07, 6.45) is 2.94. The monoisotopic (exact) mass is 379 g/mol. The molecule has 0 bridgehead atoms. The number of nitrogens with zero attached hydrogens (tertiary/aromatic N) is 4. The highest BCUT2D eigenvalue weighted by atomic mass is 16.2. The zero-order valence-electron chi connectivity index (χ0n) is 16.6. The molecule has 0 radical (unpaired) electrons. The van der Waals surface area contributed by atoms with Crippen LogP contribution in [-0.2, 0) is 19.5 Å². The maximum absolute atomic E-state index is 12.4. The Balaban J connectivity index is 1.29. The number of amides is 2. The van der Waals surface area contributed by atoms with Crippen LogP contribution in [0.1, 0.15) is 23.6 Å². The highest BCUT2D eigenvalue weighted by molar-refractivity contribution is 5.74. The molecule has 148 valence electrons. The van der Waals surface area contributed by atoms with Gasteiger partial charge >= 0.3 is 6.03 Å². The second-order valence-electron chi connectivity index (χ2n) is 7.54. The first-order valence-electron chi connectivity index (χ1n) is 10.2. The van der Waals surface area contributed by atoms with Gasteiger partial charge in [-0.05, 0) is 35.7 Å². The van der Waals surface area contributed by atoms with Crippen LogP contribution in [0.25, 0.3) is 0 Å². The van der Waals surface area contributed by atoms with E-state index in [0.29, 0.717) is 6.54 Å². The molecule has 2 aromatic rings. The summed E-state index contributed by atoms with van der Waals surface area (Å²) in [6.45, 7) is 9.14. The SMILES string of the molecule is CCN1CCN(C(=O)NCc2ccc(N3CCc4ccccc4C3)nc2)CC1. The lowest BCUT2D eigenvalue weighted by molar-refractivity contribution is 0.142. The number of piperazine rings is 1. The third kappa shape index (κ3) is 4.28. The van der Waals surface area contributed by atoms with Crippen LogP contribution in [0, 0.1) is 0 Å². The van der Waals surface area contributed by atoms with Crippen molar-refractivity contribution in [3.05, 3.63) is 59.3 Å². The number of pyridine rings is 1. The van der Waals surface area contributed by atoms with Gasteiger partial charge in [-0.15, -0.1) is 0 Å². The summed E-state index contributed by atoms with van der Waals surface area (Å²) in [6, 6.07) is 12.8. The highest BCUT2D eigenvalue weighted by Gasteiger charge is 2.20. The van der Waals surface area contributed by atoms with E-state index in [1.54, 1.807) is 0 Å². The number of nitrogens with one attached hydrogen (secondary N) is 1. The van der Waals surface area contributed by atoms with Crippen LogP contribution < -0.4 is 10.2 Å². The van der Waals surface area contributed by atoms with Crippen LogP contribution in [-0.4, -0.2) is 60.1 Å². The van der Waals surface area contributed by atoms with Crippen molar-refractivity contribution in [2.45, 2.75) is 26.4 Å². The summed E-state index contributed by atoms with van der Waals surface area (Å²) < 4.78 is 0. The van der Waals surface area contributed by atoms with Crippen LogP contribution in [0.2, 0.25) is 0 Å². The van der Waals surface area contributed by atoms with Crippen molar-refractivity contribution in [1.29, 1.82) is 0 Å². The molecule has 2 aliphatic rings. The summed E-state index contributed by atoms with van der Waals surface area (Å²) in [5.74, 6) is 1.00. The van der Waals surface area contributed by atoms with Gasteiger partial charge < -0.3 is 20.0 Å². The molecule has 0 aliphatic carbocycles. The van der Waals surface area contributed by atoms with Gasteiger partial charge in [-0.1, -0.05) is 37.3 Å². The van der Waals surface area contributed by atoms with Gasteiger partial charge in [0.15, 0.2) is 0 Å². The number of carbonyl (C=O) groups excluding carboxylic acids is 1. The lowest BCUT2D eigenvalue weighted by Crippen LogP contribution is -2.51. The van der Waals surface area contributed by atoms with E-state index in [1.807, 2.05) is 11.1 Å². The van der Waals surface area contributed by atoms with E-state index in [1.165, 1.54) is 11.1 Å². The molecular weight excluding hydrogens is 350 g/mol. The van der Waals surface area contributed by atoms with E-state index in [0.717, 1.165) is 63.6 Å². The van der Waals surface area contributed by atoms with Gasteiger partial charge in [0, 0.05) is 52.0 Å². The Morgan fingerprint density at radius 2 is 1.82 bits per heavy atom. The summed E-state index contributed by atoms with van der Waals surface area (Å²) >= 11 is 0. The summed E-state index contributed by atoms with van der Waals surface area (Å²) in [4.78, 5) is 23.6. The van der Waals surface area contributed by atoms with E-state index in [9.17, 15) is 4.79 Å². The van der Waals surface area contributed by atoms with Crippen LogP contribution in [0.3, 0.4) is 0 Å². The third-order valence-electron chi connectivity index (χ3n) is 5.81. The third-order valence-corrected chi connectivity index (χ3v) is 5.81. The first-order chi connectivity index (χ1) is 13.7. The number of carbonyl (C=O) groups is 1. The van der Waals surface area contributed by atoms with Gasteiger partial charge in [0.05, 0.1) is 0 Å². The van der Waals surface area contributed by atoms with E-state index >= 15 is 0 Å². The molecule has 3 heterocycles. The van der Waals surface area contributed by atoms with E-state index in [2.05, 4.69) is 63.4 Å². The number of urea groups is 1. The number of benzene rings is 1. The summed E-state index contributed by atoms with van der Waals surface area (Å²) in [5, 5.41) is 3.03. The molecule has 1 aromatic heterocycles. The molecule has 1 aromatic carbocycles. The lowest BCUT2D eigenvalue weighted by Gasteiger charge is -2.34. The second kappa shape index (κ2) is 8.61. The number of rotatable bonds is 4. The van der Waals surface area contributed by atoms with Gasteiger partial charge in [0.25, 0.3) is 0 Å². The molecule has 2 amide bonds. The molecule has 6 heteroatoms. The topological polar surface area (TPSA) is 51.7 Å². The Kier molecular flexibility index (Phi) is 5.76. The van der Waals surface area contributed by atoms with Crippen molar-refractivity contribution in [2.75, 3.05) is 44.2 Å². The summed E-state index contributed by atoms with van der Waals surface area (Å²) in [5.41, 5.74) is 3.86. The van der Waals surface area contributed by atoms with Crippen LogP contribution in [0.4, 0.5) is 10.6 Å². The molecule has 4 rings (SSSR count). The van der Waals surface area contributed by atoms with Gasteiger partial charge in [-0.25, -0.2) is 9.78 Å². The molecule has 28 heavy (non-hydrogen) atoms. The van der Waals surface area contributed by atoms with Crippen molar-refractivity contribution in [1.82, 2.24) is 20.1 Å². The minimum Gasteiger partial charge on any atom is -0.352 e. The molecular formula is C22H29N5O. The van der Waals surface area contributed by atoms with Crippen LogP contribution in [0.15, 0.2) is 42.6 Å². The Bertz CT molecular complexity index is 799. The smallest absolute Gasteiger partial charge is 0.317 e. The molecule has 0 unspecified atom stereocenters. The normalized spacial score (nSPS) is 17.3. The molecule has 1 saturated heterocycles. The number of anilines is 1. The maximum atomic E-state index is 12.4. The van der Waals surface area contributed by atoms with Crippen molar-refractivity contribution in [3.63, 3.8) is 0 Å². The van der Waals surface area contributed by atoms with Gasteiger partial charge in [0.1, 0.15) is 5.82 Å². The van der Waals surface area contributed by atoms with Crippen LogP contribution >= 0.6 is 0 Å². The molecule has 0 atom stereocenters. The number of likely N-dealkylation sites (N-methyl/N-ethyl adjacent to an activating group) is 1. The minimum atomic E-state index is 0.0208. The molecule has 0 spiro atoms. The molecule has 2 aliphatic heterocycles. The van der Waals surface area contributed by atoms with Crippen LogP contribution in [0.5, 0.6) is 0 Å². The average molecular weight is 380 g/mol. The fourth-order valence-corrected chi connectivity index (χ4v) is 3.96. The lowest BCUT2D eigenvalue weighted by atomic mass is 10.00. The Hall–Kier alpha value is -2.60. The predicted molar refractivity (Wildman–Crippen MR) is 111 cm³/mol. The van der Waals surface area contributed by atoms with Crippen molar-refractivity contribution in [3.8, 4) is 0 Å². The number of aromatic nitrogens is 1. The average Bonchev–Trinajstić information content (AvgIpc) is 2.77. The Labute approximate surface area is 167 Å². The highest BCUT2D eigenvalue weighted by Crippen LogP contribution is 2.22.